The van der Waals surface area contributed by atoms with E-state index in [0.717, 1.165) is 50.5 Å². The first-order chi connectivity index (χ1) is 11.7. The van der Waals surface area contributed by atoms with Gasteiger partial charge in [0, 0.05) is 43.7 Å². The third kappa shape index (κ3) is 4.32. The Morgan fingerprint density at radius 2 is 1.72 bits per heavy atom. The molecule has 0 saturated carbocycles. The van der Waals surface area contributed by atoms with Gasteiger partial charge in [-0.25, -0.2) is 4.63 Å². The minimum Gasteiger partial charge on any atom is -0.349 e. The lowest BCUT2D eigenvalue weighted by atomic mass is 9.74. The molecule has 2 fully saturated rings. The molecule has 2 saturated heterocycles. The Balaban J connectivity index is 1.54. The molecule has 1 N–H and O–H groups in total. The number of rotatable bonds is 3. The first-order valence-corrected chi connectivity index (χ1v) is 9.26. The first-order valence-electron chi connectivity index (χ1n) is 9.26. The van der Waals surface area contributed by atoms with Crippen LogP contribution in [-0.2, 0) is 4.79 Å². The molecule has 3 rings (SSSR count). The molecule has 140 valence electrons. The monoisotopic (exact) mass is 349 g/mol. The molecular weight excluding hydrogens is 318 g/mol. The number of hydrogen-bond acceptors (Lipinski definition) is 6. The minimum absolute atomic E-state index is 0.0862. The van der Waals surface area contributed by atoms with Gasteiger partial charge in [-0.2, -0.15) is 0 Å². The maximum atomic E-state index is 12.8. The van der Waals surface area contributed by atoms with Crippen LogP contribution in [0.4, 0.5) is 5.82 Å². The van der Waals surface area contributed by atoms with E-state index >= 15 is 0 Å². The molecule has 0 aromatic carbocycles. The number of amides is 1. The summed E-state index contributed by atoms with van der Waals surface area (Å²) in [4.78, 5) is 16.9. The van der Waals surface area contributed by atoms with E-state index in [1.165, 1.54) is 0 Å². The van der Waals surface area contributed by atoms with E-state index in [2.05, 4.69) is 48.2 Å². The van der Waals surface area contributed by atoms with E-state index in [-0.39, 0.29) is 17.0 Å². The summed E-state index contributed by atoms with van der Waals surface area (Å²) in [7, 11) is 0. The number of nitrogens with zero attached hydrogens (tertiary/aromatic N) is 4. The summed E-state index contributed by atoms with van der Waals surface area (Å²) in [6.07, 6.45) is 2.75. The normalized spacial score (nSPS) is 23.7. The molecule has 0 atom stereocenters. The van der Waals surface area contributed by atoms with Crippen molar-refractivity contribution in [3.8, 4) is 0 Å². The average Bonchev–Trinajstić information content (AvgIpc) is 2.90. The predicted octanol–water partition coefficient (Wildman–Crippen LogP) is 1.97. The second-order valence-electron chi connectivity index (χ2n) is 8.91. The van der Waals surface area contributed by atoms with Gasteiger partial charge in [0.2, 0.25) is 5.91 Å². The quantitative estimate of drug-likeness (QED) is 0.899. The molecule has 1 aromatic heterocycles. The highest BCUT2D eigenvalue weighted by atomic mass is 16.6. The van der Waals surface area contributed by atoms with E-state index in [0.29, 0.717) is 12.3 Å². The topological polar surface area (TPSA) is 74.5 Å². The summed E-state index contributed by atoms with van der Waals surface area (Å²) < 4.78 is 4.78. The molecule has 1 amide bonds. The molecule has 3 heterocycles. The van der Waals surface area contributed by atoms with Crippen molar-refractivity contribution in [2.45, 2.75) is 65.0 Å². The molecule has 0 bridgehead atoms. The number of aryl methyl sites for hydroxylation is 1. The Hall–Kier alpha value is -1.63. The summed E-state index contributed by atoms with van der Waals surface area (Å²) in [5.41, 5.74) is 0.977. The fourth-order valence-electron chi connectivity index (χ4n) is 4.74. The van der Waals surface area contributed by atoms with Crippen molar-refractivity contribution in [1.29, 1.82) is 0 Å². The van der Waals surface area contributed by atoms with E-state index in [4.69, 9.17) is 4.63 Å². The number of piperidine rings is 1. The van der Waals surface area contributed by atoms with E-state index in [1.54, 1.807) is 0 Å². The van der Waals surface area contributed by atoms with Gasteiger partial charge in [0.15, 0.2) is 5.82 Å². The third-order valence-corrected chi connectivity index (χ3v) is 5.30. The fourth-order valence-corrected chi connectivity index (χ4v) is 4.74. The molecule has 7 nitrogen and oxygen atoms in total. The Labute approximate surface area is 150 Å². The summed E-state index contributed by atoms with van der Waals surface area (Å²) in [5, 5.41) is 11.5. The summed E-state index contributed by atoms with van der Waals surface area (Å²) in [6.45, 7) is 13.9. The van der Waals surface area contributed by atoms with Crippen LogP contribution in [0.5, 0.6) is 0 Å². The molecule has 7 heteroatoms. The van der Waals surface area contributed by atoms with Gasteiger partial charge >= 0.3 is 0 Å². The van der Waals surface area contributed by atoms with Gasteiger partial charge in [-0.15, -0.1) is 0 Å². The Morgan fingerprint density at radius 3 is 2.24 bits per heavy atom. The lowest BCUT2D eigenvalue weighted by Crippen LogP contribution is -2.58. The number of anilines is 1. The molecule has 0 aliphatic carbocycles. The zero-order chi connectivity index (χ0) is 18.2. The highest BCUT2D eigenvalue weighted by molar-refractivity contribution is 5.76. The SMILES string of the molecule is Cc1nonc1N1CCN(C(=O)CC2CC(C)(C)NC(C)(C)C2)CC1. The van der Waals surface area contributed by atoms with Gasteiger partial charge in [-0.1, -0.05) is 5.16 Å². The Kier molecular flexibility index (Phi) is 4.79. The molecule has 2 aliphatic rings. The van der Waals surface area contributed by atoms with Crippen molar-refractivity contribution in [2.75, 3.05) is 31.1 Å². The minimum atomic E-state index is 0.0862. The molecule has 1 aromatic rings. The maximum absolute atomic E-state index is 12.8. The highest BCUT2D eigenvalue weighted by Crippen LogP contribution is 2.35. The van der Waals surface area contributed by atoms with Crippen LogP contribution in [0, 0.1) is 12.8 Å². The smallest absolute Gasteiger partial charge is 0.222 e. The third-order valence-electron chi connectivity index (χ3n) is 5.30. The maximum Gasteiger partial charge on any atom is 0.222 e. The van der Waals surface area contributed by atoms with Crippen molar-refractivity contribution >= 4 is 11.7 Å². The van der Waals surface area contributed by atoms with E-state index in [1.807, 2.05) is 11.8 Å². The van der Waals surface area contributed by atoms with E-state index in [9.17, 15) is 4.79 Å². The van der Waals surface area contributed by atoms with Crippen molar-refractivity contribution in [3.05, 3.63) is 5.69 Å². The molecule has 0 spiro atoms. The lowest BCUT2D eigenvalue weighted by Gasteiger charge is -2.47. The van der Waals surface area contributed by atoms with Crippen LogP contribution < -0.4 is 10.2 Å². The van der Waals surface area contributed by atoms with Gasteiger partial charge in [-0.3, -0.25) is 4.79 Å². The number of carbonyl (C=O) groups is 1. The Bertz CT molecular complexity index is 601. The van der Waals surface area contributed by atoms with Crippen LogP contribution >= 0.6 is 0 Å². The highest BCUT2D eigenvalue weighted by Gasteiger charge is 2.39. The van der Waals surface area contributed by atoms with Crippen molar-refractivity contribution < 1.29 is 9.42 Å². The van der Waals surface area contributed by atoms with Gasteiger partial charge in [0.25, 0.3) is 0 Å². The van der Waals surface area contributed by atoms with E-state index < -0.39 is 0 Å². The van der Waals surface area contributed by atoms with Gasteiger partial charge in [0.05, 0.1) is 0 Å². The van der Waals surface area contributed by atoms with Crippen LogP contribution in [0.15, 0.2) is 4.63 Å². The number of hydrogen-bond donors (Lipinski definition) is 1. The zero-order valence-corrected chi connectivity index (χ0v) is 16.1. The molecular formula is C18H31N5O2. The molecule has 0 radical (unpaired) electrons. The van der Waals surface area contributed by atoms with Crippen LogP contribution in [0.3, 0.4) is 0 Å². The second-order valence-corrected chi connectivity index (χ2v) is 8.91. The van der Waals surface area contributed by atoms with Gasteiger partial charge in [0.1, 0.15) is 5.69 Å². The molecule has 0 unspecified atom stereocenters. The van der Waals surface area contributed by atoms with Crippen molar-refractivity contribution in [2.24, 2.45) is 5.92 Å². The first kappa shape index (κ1) is 18.2. The lowest BCUT2D eigenvalue weighted by molar-refractivity contribution is -0.133. The summed E-state index contributed by atoms with van der Waals surface area (Å²) >= 11 is 0. The number of carbonyl (C=O) groups excluding carboxylic acids is 1. The Morgan fingerprint density at radius 1 is 1.12 bits per heavy atom. The summed E-state index contributed by atoms with van der Waals surface area (Å²) in [5.74, 6) is 1.53. The fraction of sp³-hybridized carbons (Fsp3) is 0.833. The van der Waals surface area contributed by atoms with Gasteiger partial charge < -0.3 is 15.1 Å². The van der Waals surface area contributed by atoms with Crippen LogP contribution in [0.1, 0.15) is 52.7 Å². The second kappa shape index (κ2) is 6.59. The van der Waals surface area contributed by atoms with Crippen LogP contribution in [0.2, 0.25) is 0 Å². The van der Waals surface area contributed by atoms with Crippen molar-refractivity contribution in [3.63, 3.8) is 0 Å². The average molecular weight is 349 g/mol. The predicted molar refractivity (Wildman–Crippen MR) is 96.5 cm³/mol. The molecule has 2 aliphatic heterocycles. The van der Waals surface area contributed by atoms with Gasteiger partial charge in [-0.05, 0) is 58.5 Å². The van der Waals surface area contributed by atoms with Crippen LogP contribution in [-0.4, -0.2) is 58.4 Å². The molecule has 25 heavy (non-hydrogen) atoms. The zero-order valence-electron chi connectivity index (χ0n) is 16.1. The largest absolute Gasteiger partial charge is 0.349 e. The number of nitrogens with one attached hydrogen (secondary N) is 1. The van der Waals surface area contributed by atoms with Crippen LogP contribution in [0.25, 0.3) is 0 Å². The standard InChI is InChI=1S/C18H31N5O2/c1-13-16(20-25-19-13)23-8-6-22(7-9-23)15(24)10-14-11-17(2,3)21-18(4,5)12-14/h14,21H,6-12H2,1-5H3. The number of aromatic nitrogens is 2. The van der Waals surface area contributed by atoms with Crippen molar-refractivity contribution in [1.82, 2.24) is 20.5 Å². The summed E-state index contributed by atoms with van der Waals surface area (Å²) in [6, 6.07) is 0. The number of piperazine rings is 1.